The lowest BCUT2D eigenvalue weighted by Crippen LogP contribution is -2.29. The highest BCUT2D eigenvalue weighted by molar-refractivity contribution is 7.10. The fourth-order valence-electron chi connectivity index (χ4n) is 4.84. The second kappa shape index (κ2) is 15.3. The van der Waals surface area contributed by atoms with Gasteiger partial charge in [-0.15, -0.1) is 52.3 Å². The molecule has 0 N–H and O–H groups in total. The Kier molecular flexibility index (Phi) is 11.5. The number of hydrogen-bond acceptors (Lipinski definition) is 6. The molecule has 0 spiro atoms. The van der Waals surface area contributed by atoms with Crippen LogP contribution in [0.15, 0.2) is 34.3 Å². The molecule has 38 heavy (non-hydrogen) atoms. The lowest BCUT2D eigenvalue weighted by Gasteiger charge is -2.24. The Hall–Kier alpha value is -2.34. The average Bonchev–Trinajstić information content (AvgIpc) is 3.71. The monoisotopic (exact) mass is 559 g/mol. The molecule has 0 radical (unpaired) electrons. The van der Waals surface area contributed by atoms with E-state index in [2.05, 4.69) is 78.6 Å². The van der Waals surface area contributed by atoms with Gasteiger partial charge >= 0.3 is 0 Å². The summed E-state index contributed by atoms with van der Waals surface area (Å²) in [5, 5.41) is 6.56. The van der Waals surface area contributed by atoms with Gasteiger partial charge in [-0.25, -0.2) is 0 Å². The predicted molar refractivity (Wildman–Crippen MR) is 166 cm³/mol. The molecular weight excluding hydrogens is 523 g/mol. The van der Waals surface area contributed by atoms with Crippen molar-refractivity contribution < 1.29 is 0 Å². The van der Waals surface area contributed by atoms with E-state index >= 15 is 0 Å². The van der Waals surface area contributed by atoms with Crippen LogP contribution in [-0.4, -0.2) is 54.0 Å². The number of rotatable bonds is 3. The van der Waals surface area contributed by atoms with Gasteiger partial charge in [0, 0.05) is 53.9 Å². The Bertz CT molecular complexity index is 1250. The molecular formula is C32H37N3S3. The molecule has 0 unspecified atom stereocenters. The molecule has 0 atom stereocenters. The van der Waals surface area contributed by atoms with Crippen LogP contribution < -0.4 is 0 Å². The van der Waals surface area contributed by atoms with Crippen LogP contribution in [0.5, 0.6) is 0 Å². The fraction of sp³-hybridized carbons (Fsp3) is 0.438. The largest absolute Gasteiger partial charge is 0.288 e. The Morgan fingerprint density at radius 2 is 1.00 bits per heavy atom. The summed E-state index contributed by atoms with van der Waals surface area (Å²) in [6.07, 6.45) is 8.85. The molecule has 3 aliphatic rings. The fourth-order valence-corrected chi connectivity index (χ4v) is 7.51. The van der Waals surface area contributed by atoms with Gasteiger partial charge in [-0.05, 0) is 84.1 Å². The van der Waals surface area contributed by atoms with Crippen LogP contribution in [0.4, 0.5) is 0 Å². The van der Waals surface area contributed by atoms with Crippen molar-refractivity contribution in [2.75, 3.05) is 39.3 Å². The third-order valence-corrected chi connectivity index (χ3v) is 10.0. The molecule has 3 aromatic heterocycles. The molecule has 0 aliphatic carbocycles. The van der Waals surface area contributed by atoms with Gasteiger partial charge in [0.2, 0.25) is 0 Å². The van der Waals surface area contributed by atoms with Gasteiger partial charge in [-0.2, -0.15) is 0 Å². The van der Waals surface area contributed by atoms with E-state index in [4.69, 9.17) is 6.42 Å². The first kappa shape index (κ1) is 28.7. The van der Waals surface area contributed by atoms with Crippen molar-refractivity contribution in [1.82, 2.24) is 14.7 Å². The Balaban J connectivity index is 0.000000133. The zero-order valence-corrected chi connectivity index (χ0v) is 25.0. The summed E-state index contributed by atoms with van der Waals surface area (Å²) in [4.78, 5) is 11.8. The minimum absolute atomic E-state index is 0.787. The van der Waals surface area contributed by atoms with Gasteiger partial charge in [0.25, 0.3) is 0 Å². The molecule has 0 amide bonds. The maximum atomic E-state index is 5.27. The lowest BCUT2D eigenvalue weighted by molar-refractivity contribution is 0.288. The van der Waals surface area contributed by atoms with Crippen LogP contribution in [0.25, 0.3) is 0 Å². The van der Waals surface area contributed by atoms with Gasteiger partial charge < -0.3 is 0 Å². The maximum absolute atomic E-state index is 5.27. The average molecular weight is 560 g/mol. The van der Waals surface area contributed by atoms with Crippen LogP contribution in [-0.2, 0) is 38.9 Å². The van der Waals surface area contributed by atoms with Gasteiger partial charge in [0.1, 0.15) is 0 Å². The van der Waals surface area contributed by atoms with Crippen molar-refractivity contribution in [2.45, 2.75) is 52.7 Å². The number of nitrogens with zero attached hydrogens (tertiary/aromatic N) is 3. The summed E-state index contributed by atoms with van der Waals surface area (Å²) in [6.45, 7) is 13.1. The molecule has 3 nitrogen and oxygen atoms in total. The van der Waals surface area contributed by atoms with E-state index in [-0.39, 0.29) is 0 Å². The van der Waals surface area contributed by atoms with Crippen molar-refractivity contribution >= 4 is 34.0 Å². The quantitative estimate of drug-likeness (QED) is 0.365. The lowest BCUT2D eigenvalue weighted by atomic mass is 10.1. The normalized spacial score (nSPS) is 16.3. The summed E-state index contributed by atoms with van der Waals surface area (Å²) in [7, 11) is 0. The maximum Gasteiger partial charge on any atom is 0.0604 e. The summed E-state index contributed by atoms with van der Waals surface area (Å²) < 4.78 is 0. The summed E-state index contributed by atoms with van der Waals surface area (Å²) in [5.74, 6) is 14.8. The highest BCUT2D eigenvalue weighted by Crippen LogP contribution is 2.25. The van der Waals surface area contributed by atoms with E-state index in [1.54, 1.807) is 14.6 Å². The second-order valence-electron chi connectivity index (χ2n) is 9.55. The van der Waals surface area contributed by atoms with Crippen LogP contribution in [0.1, 0.15) is 45.2 Å². The molecule has 3 aromatic rings. The minimum Gasteiger partial charge on any atom is -0.288 e. The number of thiophene rings is 3. The highest BCUT2D eigenvalue weighted by Gasteiger charge is 2.17. The van der Waals surface area contributed by atoms with E-state index in [0.717, 1.165) is 45.8 Å². The molecule has 198 valence electrons. The molecule has 0 saturated heterocycles. The van der Waals surface area contributed by atoms with E-state index in [0.29, 0.717) is 0 Å². The van der Waals surface area contributed by atoms with Gasteiger partial charge in [0.15, 0.2) is 0 Å². The third-order valence-electron chi connectivity index (χ3n) is 6.93. The Morgan fingerprint density at radius 1 is 0.632 bits per heavy atom. The zero-order valence-electron chi connectivity index (χ0n) is 22.6. The first-order valence-electron chi connectivity index (χ1n) is 13.3. The second-order valence-corrected chi connectivity index (χ2v) is 12.5. The topological polar surface area (TPSA) is 9.72 Å². The number of hydrogen-bond donors (Lipinski definition) is 0. The molecule has 0 fully saturated rings. The SMILES string of the molecule is C#CCN1CCc2sccc2C1.CC#CCN1CCc2sccc2C1.CC#CCN1CCc2sccc2C1. The number of fused-ring (bicyclic) bond motifs is 3. The molecule has 0 bridgehead atoms. The van der Waals surface area contributed by atoms with Gasteiger partial charge in [0.05, 0.1) is 19.6 Å². The van der Waals surface area contributed by atoms with E-state index in [1.807, 2.05) is 47.9 Å². The molecule has 0 saturated carbocycles. The van der Waals surface area contributed by atoms with E-state index < -0.39 is 0 Å². The van der Waals surface area contributed by atoms with Gasteiger partial charge in [-0.1, -0.05) is 17.8 Å². The smallest absolute Gasteiger partial charge is 0.0604 e. The van der Waals surface area contributed by atoms with Gasteiger partial charge in [-0.3, -0.25) is 14.7 Å². The molecule has 0 aromatic carbocycles. The summed E-state index contributed by atoms with van der Waals surface area (Å²) >= 11 is 5.64. The van der Waals surface area contributed by atoms with Crippen molar-refractivity contribution in [3.8, 4) is 36.0 Å². The third kappa shape index (κ3) is 8.33. The Morgan fingerprint density at radius 3 is 1.34 bits per heavy atom. The molecule has 6 rings (SSSR count). The summed E-state index contributed by atoms with van der Waals surface area (Å²) in [6, 6.07) is 6.69. The van der Waals surface area contributed by atoms with Crippen LogP contribution in [0, 0.1) is 36.0 Å². The van der Waals surface area contributed by atoms with Crippen molar-refractivity contribution in [3.63, 3.8) is 0 Å². The van der Waals surface area contributed by atoms with Crippen molar-refractivity contribution in [1.29, 1.82) is 0 Å². The van der Waals surface area contributed by atoms with Crippen LogP contribution >= 0.6 is 34.0 Å². The minimum atomic E-state index is 0.787. The van der Waals surface area contributed by atoms with Crippen LogP contribution in [0.3, 0.4) is 0 Å². The predicted octanol–water partition coefficient (Wildman–Crippen LogP) is 6.00. The summed E-state index contributed by atoms with van der Waals surface area (Å²) in [5.41, 5.74) is 4.49. The zero-order chi connectivity index (χ0) is 26.6. The molecule has 6 heterocycles. The standard InChI is InChI=1S/2C11H13NS.C10H11NS/c2*1-2-3-6-12-7-4-11-10(9-12)5-8-13-11;1-2-5-11-6-3-10-9(8-11)4-7-12-10/h2*5,8H,4,6-7,9H2,1H3;1,4,7H,3,5-6,8H2. The van der Waals surface area contributed by atoms with Crippen molar-refractivity contribution in [2.24, 2.45) is 0 Å². The van der Waals surface area contributed by atoms with E-state index in [1.165, 1.54) is 49.0 Å². The van der Waals surface area contributed by atoms with Crippen molar-refractivity contribution in [3.05, 3.63) is 65.7 Å². The van der Waals surface area contributed by atoms with E-state index in [9.17, 15) is 0 Å². The molecule has 3 aliphatic heterocycles. The molecule has 6 heteroatoms. The first-order chi connectivity index (χ1) is 18.7. The van der Waals surface area contributed by atoms with Crippen LogP contribution in [0.2, 0.25) is 0 Å². The first-order valence-corrected chi connectivity index (χ1v) is 15.9. The Labute approximate surface area is 241 Å². The number of terminal acetylenes is 1. The highest BCUT2D eigenvalue weighted by atomic mass is 32.1.